The zero-order chi connectivity index (χ0) is 15.5. The van der Waals surface area contributed by atoms with E-state index in [9.17, 15) is 4.79 Å². The number of ether oxygens (including phenoxy) is 2. The smallest absolute Gasteiger partial charge is 0.244 e. The molecule has 1 aliphatic heterocycles. The molecule has 0 aliphatic carbocycles. The topological polar surface area (TPSA) is 47.6 Å². The second-order valence-corrected chi connectivity index (χ2v) is 7.31. The molecule has 1 unspecified atom stereocenters. The van der Waals surface area contributed by atoms with E-state index in [-0.39, 0.29) is 18.7 Å². The van der Waals surface area contributed by atoms with Crippen LogP contribution in [0.15, 0.2) is 40.2 Å². The Kier molecular flexibility index (Phi) is 4.49. The summed E-state index contributed by atoms with van der Waals surface area (Å²) in [5, 5.41) is 2.94. The molecular weight excluding hydrogens is 366 g/mol. The Hall–Kier alpha value is -1.79. The van der Waals surface area contributed by atoms with E-state index in [4.69, 9.17) is 9.47 Å². The Morgan fingerprint density at radius 1 is 1.32 bits per heavy atom. The van der Waals surface area contributed by atoms with Gasteiger partial charge in [-0.2, -0.15) is 0 Å². The van der Waals surface area contributed by atoms with Crippen LogP contribution >= 0.6 is 27.3 Å². The summed E-state index contributed by atoms with van der Waals surface area (Å²) in [4.78, 5) is 13.0. The van der Waals surface area contributed by atoms with E-state index in [1.165, 1.54) is 0 Å². The fourth-order valence-corrected chi connectivity index (χ4v) is 3.43. The molecule has 114 valence electrons. The number of nitrogens with one attached hydrogen (secondary N) is 1. The first kappa shape index (κ1) is 15.1. The molecule has 1 atom stereocenters. The highest BCUT2D eigenvalue weighted by atomic mass is 79.9. The van der Waals surface area contributed by atoms with Crippen molar-refractivity contribution in [3.8, 4) is 11.5 Å². The predicted molar refractivity (Wildman–Crippen MR) is 90.2 cm³/mol. The maximum atomic E-state index is 12.0. The van der Waals surface area contributed by atoms with Crippen LogP contribution in [0.25, 0.3) is 6.08 Å². The minimum Gasteiger partial charge on any atom is -0.454 e. The Labute approximate surface area is 140 Å². The van der Waals surface area contributed by atoms with Crippen LogP contribution in [0.4, 0.5) is 0 Å². The maximum absolute atomic E-state index is 12.0. The molecular formula is C16H14BrNO3S. The Morgan fingerprint density at radius 2 is 2.14 bits per heavy atom. The van der Waals surface area contributed by atoms with Gasteiger partial charge in [-0.05, 0) is 58.8 Å². The van der Waals surface area contributed by atoms with Crippen LogP contribution in [0.5, 0.6) is 11.5 Å². The summed E-state index contributed by atoms with van der Waals surface area (Å²) in [5.74, 6) is 1.33. The minimum absolute atomic E-state index is 0.110. The third kappa shape index (κ3) is 3.51. The lowest BCUT2D eigenvalue weighted by Crippen LogP contribution is -2.24. The van der Waals surface area contributed by atoms with Gasteiger partial charge in [-0.3, -0.25) is 4.79 Å². The second kappa shape index (κ2) is 6.54. The van der Waals surface area contributed by atoms with Crippen molar-refractivity contribution in [3.63, 3.8) is 0 Å². The number of hydrogen-bond acceptors (Lipinski definition) is 4. The molecule has 1 N–H and O–H groups in total. The van der Waals surface area contributed by atoms with Gasteiger partial charge in [0, 0.05) is 11.0 Å². The summed E-state index contributed by atoms with van der Waals surface area (Å²) in [6.07, 6.45) is 3.35. The third-order valence-corrected chi connectivity index (χ3v) is 4.84. The normalized spacial score (nSPS) is 14.3. The van der Waals surface area contributed by atoms with Gasteiger partial charge in [-0.1, -0.05) is 6.07 Å². The van der Waals surface area contributed by atoms with Crippen LogP contribution in [0.1, 0.15) is 23.4 Å². The van der Waals surface area contributed by atoms with Crippen molar-refractivity contribution < 1.29 is 14.3 Å². The van der Waals surface area contributed by atoms with Crippen molar-refractivity contribution in [3.05, 3.63) is 50.6 Å². The molecule has 0 saturated carbocycles. The molecule has 6 heteroatoms. The van der Waals surface area contributed by atoms with Gasteiger partial charge >= 0.3 is 0 Å². The Balaban J connectivity index is 1.62. The van der Waals surface area contributed by atoms with Gasteiger partial charge in [0.15, 0.2) is 11.5 Å². The lowest BCUT2D eigenvalue weighted by Gasteiger charge is -2.13. The highest BCUT2D eigenvalue weighted by Gasteiger charge is 2.16. The molecule has 0 saturated heterocycles. The van der Waals surface area contributed by atoms with E-state index in [1.54, 1.807) is 23.5 Å². The van der Waals surface area contributed by atoms with E-state index >= 15 is 0 Å². The first-order valence-electron chi connectivity index (χ1n) is 6.75. The molecule has 4 nitrogen and oxygen atoms in total. The zero-order valence-corrected chi connectivity index (χ0v) is 14.2. The van der Waals surface area contributed by atoms with Gasteiger partial charge in [0.25, 0.3) is 0 Å². The van der Waals surface area contributed by atoms with Crippen molar-refractivity contribution >= 4 is 39.2 Å². The van der Waals surface area contributed by atoms with E-state index in [0.717, 1.165) is 25.7 Å². The van der Waals surface area contributed by atoms with Gasteiger partial charge in [0.2, 0.25) is 12.7 Å². The molecule has 2 heterocycles. The predicted octanol–water partition coefficient (Wildman–Crippen LogP) is 4.13. The van der Waals surface area contributed by atoms with E-state index in [2.05, 4.69) is 21.2 Å². The molecule has 1 aromatic carbocycles. The average Bonchev–Trinajstić information content (AvgIpc) is 3.12. The highest BCUT2D eigenvalue weighted by molar-refractivity contribution is 9.11. The second-order valence-electron chi connectivity index (χ2n) is 4.82. The van der Waals surface area contributed by atoms with E-state index in [0.29, 0.717) is 0 Å². The number of amides is 1. The number of benzene rings is 1. The first-order chi connectivity index (χ1) is 10.6. The SMILES string of the molecule is CC(NC(=O)/C=C/c1ccc(Br)s1)c1ccc2c(c1)OCO2. The lowest BCUT2D eigenvalue weighted by molar-refractivity contribution is -0.117. The minimum atomic E-state index is -0.130. The lowest BCUT2D eigenvalue weighted by atomic mass is 10.1. The van der Waals surface area contributed by atoms with Crippen molar-refractivity contribution in [2.45, 2.75) is 13.0 Å². The standard InChI is InChI=1S/C16H14BrNO3S/c1-10(11-2-5-13-14(8-11)21-9-20-13)18-16(19)7-4-12-3-6-15(17)22-12/h2-8,10H,9H2,1H3,(H,18,19)/b7-4+. The Bertz CT molecular complexity index is 726. The maximum Gasteiger partial charge on any atom is 0.244 e. The molecule has 0 bridgehead atoms. The molecule has 2 aromatic rings. The molecule has 0 spiro atoms. The molecule has 0 radical (unpaired) electrons. The third-order valence-electron chi connectivity index (χ3n) is 3.25. The van der Waals surface area contributed by atoms with Gasteiger partial charge in [0.05, 0.1) is 9.83 Å². The number of rotatable bonds is 4. The van der Waals surface area contributed by atoms with Gasteiger partial charge in [-0.25, -0.2) is 0 Å². The first-order valence-corrected chi connectivity index (χ1v) is 8.36. The van der Waals surface area contributed by atoms with Gasteiger partial charge in [-0.15, -0.1) is 11.3 Å². The summed E-state index contributed by atoms with van der Waals surface area (Å²) in [7, 11) is 0. The molecule has 0 fully saturated rings. The van der Waals surface area contributed by atoms with Crippen LogP contribution in [-0.4, -0.2) is 12.7 Å². The number of hydrogen-bond donors (Lipinski definition) is 1. The fraction of sp³-hybridized carbons (Fsp3) is 0.188. The summed E-state index contributed by atoms with van der Waals surface area (Å²) in [6, 6.07) is 9.49. The molecule has 22 heavy (non-hydrogen) atoms. The number of carbonyl (C=O) groups excluding carboxylic acids is 1. The number of fused-ring (bicyclic) bond motifs is 1. The highest BCUT2D eigenvalue weighted by Crippen LogP contribution is 2.34. The van der Waals surface area contributed by atoms with Crippen molar-refractivity contribution in [2.75, 3.05) is 6.79 Å². The van der Waals surface area contributed by atoms with Crippen molar-refractivity contribution in [2.24, 2.45) is 0 Å². The van der Waals surface area contributed by atoms with Crippen LogP contribution in [0, 0.1) is 0 Å². The average molecular weight is 380 g/mol. The van der Waals surface area contributed by atoms with Crippen molar-refractivity contribution in [1.29, 1.82) is 0 Å². The molecule has 3 rings (SSSR count). The quantitative estimate of drug-likeness (QED) is 0.812. The van der Waals surface area contributed by atoms with E-state index < -0.39 is 0 Å². The number of halogens is 1. The largest absolute Gasteiger partial charge is 0.454 e. The molecule has 1 aromatic heterocycles. The van der Waals surface area contributed by atoms with Gasteiger partial charge in [0.1, 0.15) is 0 Å². The zero-order valence-electron chi connectivity index (χ0n) is 11.8. The molecule has 1 amide bonds. The summed E-state index contributed by atoms with van der Waals surface area (Å²) in [5.41, 5.74) is 0.977. The monoisotopic (exact) mass is 379 g/mol. The van der Waals surface area contributed by atoms with Gasteiger partial charge < -0.3 is 14.8 Å². The van der Waals surface area contributed by atoms with Crippen LogP contribution in [0.2, 0.25) is 0 Å². The van der Waals surface area contributed by atoms with Crippen LogP contribution in [0.3, 0.4) is 0 Å². The van der Waals surface area contributed by atoms with Crippen molar-refractivity contribution in [1.82, 2.24) is 5.32 Å². The van der Waals surface area contributed by atoms with Crippen LogP contribution < -0.4 is 14.8 Å². The summed E-state index contributed by atoms with van der Waals surface area (Å²) < 4.78 is 11.7. The molecule has 1 aliphatic rings. The summed E-state index contributed by atoms with van der Waals surface area (Å²) >= 11 is 4.97. The van der Waals surface area contributed by atoms with E-state index in [1.807, 2.05) is 37.3 Å². The van der Waals surface area contributed by atoms with Crippen LogP contribution in [-0.2, 0) is 4.79 Å². The number of thiophene rings is 1. The Morgan fingerprint density at radius 3 is 2.91 bits per heavy atom. The number of carbonyl (C=O) groups is 1. The fourth-order valence-electron chi connectivity index (χ4n) is 2.10. The summed E-state index contributed by atoms with van der Waals surface area (Å²) in [6.45, 7) is 2.18.